The zero-order chi connectivity index (χ0) is 20.0. The van der Waals surface area contributed by atoms with E-state index >= 15 is 0 Å². The Kier molecular flexibility index (Phi) is 4.01. The summed E-state index contributed by atoms with van der Waals surface area (Å²) in [5, 5.41) is 7.33. The number of fused-ring (bicyclic) bond motifs is 1. The monoisotopic (exact) mass is 387 g/mol. The van der Waals surface area contributed by atoms with E-state index in [0.717, 1.165) is 28.0 Å². The lowest BCUT2D eigenvalue weighted by atomic mass is 10.0. The predicted molar refractivity (Wildman–Crippen MR) is 108 cm³/mol. The lowest BCUT2D eigenvalue weighted by Crippen LogP contribution is -2.15. The fraction of sp³-hybridized carbons (Fsp3) is 0.136. The highest BCUT2D eigenvalue weighted by molar-refractivity contribution is 6.04. The number of pyridine rings is 1. The number of carbonyl (C=O) groups excluding carboxylic acids is 1. The molecule has 1 atom stereocenters. The molecule has 0 fully saturated rings. The van der Waals surface area contributed by atoms with Crippen LogP contribution in [0.5, 0.6) is 0 Å². The van der Waals surface area contributed by atoms with E-state index in [1.54, 1.807) is 27.6 Å². The van der Waals surface area contributed by atoms with Crippen LogP contribution in [0.3, 0.4) is 0 Å². The summed E-state index contributed by atoms with van der Waals surface area (Å²) >= 11 is 0. The number of allylic oxidation sites excluding steroid dienone is 2. The normalized spacial score (nSPS) is 15.8. The van der Waals surface area contributed by atoms with Gasteiger partial charge in [0.2, 0.25) is 0 Å². The molecule has 0 spiro atoms. The van der Waals surface area contributed by atoms with Gasteiger partial charge in [-0.05, 0) is 42.3 Å². The second-order valence-electron chi connectivity index (χ2n) is 7.15. The Bertz CT molecular complexity index is 1270. The van der Waals surface area contributed by atoms with Gasteiger partial charge < -0.3 is 5.32 Å². The number of benzene rings is 1. The SMILES string of the molecule is Cc1ccc(-c2cnn([C@H]3C=C(F)C3)c2)cc1NC(=O)c1cnc2ccccn12. The minimum Gasteiger partial charge on any atom is -0.320 e. The summed E-state index contributed by atoms with van der Waals surface area (Å²) in [6.45, 7) is 1.94. The van der Waals surface area contributed by atoms with E-state index in [1.807, 2.05) is 55.7 Å². The second-order valence-corrected chi connectivity index (χ2v) is 7.15. The maximum atomic E-state index is 13.0. The van der Waals surface area contributed by atoms with Crippen molar-refractivity contribution in [2.75, 3.05) is 5.32 Å². The number of nitrogens with one attached hydrogen (secondary N) is 1. The van der Waals surface area contributed by atoms with E-state index < -0.39 is 0 Å². The van der Waals surface area contributed by atoms with Crippen molar-refractivity contribution in [3.63, 3.8) is 0 Å². The molecule has 5 rings (SSSR count). The molecule has 0 bridgehead atoms. The first-order chi connectivity index (χ1) is 14.1. The smallest absolute Gasteiger partial charge is 0.274 e. The summed E-state index contributed by atoms with van der Waals surface area (Å²) in [7, 11) is 0. The van der Waals surface area contributed by atoms with Gasteiger partial charge in [-0.25, -0.2) is 9.37 Å². The van der Waals surface area contributed by atoms with Crippen LogP contribution >= 0.6 is 0 Å². The Morgan fingerprint density at radius 1 is 1.21 bits per heavy atom. The van der Waals surface area contributed by atoms with Crippen LogP contribution < -0.4 is 5.32 Å². The lowest BCUT2D eigenvalue weighted by Gasteiger charge is -2.20. The van der Waals surface area contributed by atoms with Crippen molar-refractivity contribution in [3.8, 4) is 11.1 Å². The Labute approximate surface area is 166 Å². The van der Waals surface area contributed by atoms with Gasteiger partial charge in [0, 0.05) is 30.1 Å². The number of hydrogen-bond donors (Lipinski definition) is 1. The van der Waals surface area contributed by atoms with Crippen LogP contribution in [0.1, 0.15) is 28.5 Å². The van der Waals surface area contributed by atoms with Crippen LogP contribution in [0.2, 0.25) is 0 Å². The van der Waals surface area contributed by atoms with Crippen LogP contribution in [0.25, 0.3) is 16.8 Å². The molecule has 1 aliphatic carbocycles. The summed E-state index contributed by atoms with van der Waals surface area (Å²) in [4.78, 5) is 17.1. The Hall–Kier alpha value is -3.74. The number of imidazole rings is 1. The highest BCUT2D eigenvalue weighted by Gasteiger charge is 2.21. The zero-order valence-corrected chi connectivity index (χ0v) is 15.7. The van der Waals surface area contributed by atoms with Gasteiger partial charge in [-0.2, -0.15) is 5.10 Å². The fourth-order valence-corrected chi connectivity index (χ4v) is 3.44. The van der Waals surface area contributed by atoms with Gasteiger partial charge in [-0.15, -0.1) is 0 Å². The van der Waals surface area contributed by atoms with Crippen molar-refractivity contribution in [2.45, 2.75) is 19.4 Å². The number of hydrogen-bond acceptors (Lipinski definition) is 3. The quantitative estimate of drug-likeness (QED) is 0.558. The molecule has 4 aromatic rings. The minimum atomic E-state index is -0.227. The number of anilines is 1. The molecule has 0 saturated heterocycles. The third-order valence-corrected chi connectivity index (χ3v) is 5.19. The standard InChI is InChI=1S/C22H18FN5O/c1-14-5-6-15(16-11-25-28(13-16)18-9-17(23)10-18)8-19(14)26-22(29)20-12-24-21-4-2-3-7-27(20)21/h2-9,11-13,18H,10H2,1H3,(H,26,29)/t18-/m0/s1. The molecule has 0 unspecified atom stereocenters. The van der Waals surface area contributed by atoms with Crippen LogP contribution in [0.4, 0.5) is 10.1 Å². The molecular weight excluding hydrogens is 369 g/mol. The molecule has 1 N–H and O–H groups in total. The van der Waals surface area contributed by atoms with Crippen molar-refractivity contribution in [3.05, 3.63) is 84.3 Å². The largest absolute Gasteiger partial charge is 0.320 e. The van der Waals surface area contributed by atoms with E-state index in [2.05, 4.69) is 15.4 Å². The molecule has 0 saturated carbocycles. The summed E-state index contributed by atoms with van der Waals surface area (Å²) < 4.78 is 16.5. The summed E-state index contributed by atoms with van der Waals surface area (Å²) in [5.41, 5.74) is 4.71. The van der Waals surface area contributed by atoms with E-state index in [0.29, 0.717) is 12.1 Å². The van der Waals surface area contributed by atoms with Crippen molar-refractivity contribution >= 4 is 17.2 Å². The minimum absolute atomic E-state index is 0.0245. The summed E-state index contributed by atoms with van der Waals surface area (Å²) in [6.07, 6.45) is 8.98. The first-order valence-electron chi connectivity index (χ1n) is 9.33. The molecule has 144 valence electrons. The third-order valence-electron chi connectivity index (χ3n) is 5.19. The highest BCUT2D eigenvalue weighted by Crippen LogP contribution is 2.32. The molecule has 1 amide bonds. The number of aromatic nitrogens is 4. The van der Waals surface area contributed by atoms with Gasteiger partial charge in [-0.3, -0.25) is 13.9 Å². The Balaban J connectivity index is 1.42. The van der Waals surface area contributed by atoms with Gasteiger partial charge in [0.1, 0.15) is 17.2 Å². The zero-order valence-electron chi connectivity index (χ0n) is 15.7. The molecular formula is C22H18FN5O. The van der Waals surface area contributed by atoms with Crippen molar-refractivity contribution in [1.29, 1.82) is 0 Å². The van der Waals surface area contributed by atoms with Gasteiger partial charge in [0.15, 0.2) is 0 Å². The molecule has 7 heteroatoms. The van der Waals surface area contributed by atoms with Gasteiger partial charge in [0.25, 0.3) is 5.91 Å². The molecule has 6 nitrogen and oxygen atoms in total. The van der Waals surface area contributed by atoms with Gasteiger partial charge in [-0.1, -0.05) is 18.2 Å². The summed E-state index contributed by atoms with van der Waals surface area (Å²) in [5.74, 6) is -0.325. The van der Waals surface area contributed by atoms with E-state index in [1.165, 1.54) is 0 Å². The molecule has 1 aromatic carbocycles. The first-order valence-corrected chi connectivity index (χ1v) is 9.33. The van der Waals surface area contributed by atoms with E-state index in [4.69, 9.17) is 0 Å². The maximum absolute atomic E-state index is 13.0. The molecule has 3 aromatic heterocycles. The summed E-state index contributed by atoms with van der Waals surface area (Å²) in [6, 6.07) is 11.4. The van der Waals surface area contributed by atoms with E-state index in [-0.39, 0.29) is 17.8 Å². The van der Waals surface area contributed by atoms with Crippen LogP contribution in [0, 0.1) is 6.92 Å². The van der Waals surface area contributed by atoms with Gasteiger partial charge >= 0.3 is 0 Å². The number of rotatable bonds is 4. The molecule has 0 aliphatic heterocycles. The number of nitrogens with zero attached hydrogens (tertiary/aromatic N) is 4. The number of carbonyl (C=O) groups is 1. The Morgan fingerprint density at radius 2 is 2.07 bits per heavy atom. The average Bonchev–Trinajstić information content (AvgIpc) is 3.34. The van der Waals surface area contributed by atoms with Crippen molar-refractivity contribution in [1.82, 2.24) is 19.2 Å². The maximum Gasteiger partial charge on any atom is 0.274 e. The number of halogens is 1. The number of aryl methyl sites for hydroxylation is 1. The second kappa shape index (κ2) is 6.70. The highest BCUT2D eigenvalue weighted by atomic mass is 19.1. The third kappa shape index (κ3) is 3.10. The van der Waals surface area contributed by atoms with Gasteiger partial charge in [0.05, 0.1) is 18.4 Å². The van der Waals surface area contributed by atoms with Crippen molar-refractivity contribution in [2.24, 2.45) is 0 Å². The van der Waals surface area contributed by atoms with Crippen LogP contribution in [-0.4, -0.2) is 25.1 Å². The first kappa shape index (κ1) is 17.4. The van der Waals surface area contributed by atoms with E-state index in [9.17, 15) is 9.18 Å². The predicted octanol–water partition coefficient (Wildman–Crippen LogP) is 4.56. The molecule has 1 aliphatic rings. The van der Waals surface area contributed by atoms with Crippen LogP contribution in [0.15, 0.2) is 73.1 Å². The lowest BCUT2D eigenvalue weighted by molar-refractivity contribution is 0.102. The molecule has 0 radical (unpaired) electrons. The molecule has 29 heavy (non-hydrogen) atoms. The Morgan fingerprint density at radius 3 is 2.90 bits per heavy atom. The fourth-order valence-electron chi connectivity index (χ4n) is 3.44. The van der Waals surface area contributed by atoms with Crippen LogP contribution in [-0.2, 0) is 0 Å². The van der Waals surface area contributed by atoms with Crippen molar-refractivity contribution < 1.29 is 9.18 Å². The number of amides is 1. The average molecular weight is 387 g/mol. The topological polar surface area (TPSA) is 64.2 Å². The molecule has 3 heterocycles.